The van der Waals surface area contributed by atoms with Crippen molar-refractivity contribution in [3.8, 4) is 11.5 Å². The average Bonchev–Trinajstić information content (AvgIpc) is 2.60. The predicted octanol–water partition coefficient (Wildman–Crippen LogP) is 4.75. The van der Waals surface area contributed by atoms with Gasteiger partial charge in [-0.1, -0.05) is 45.9 Å². The van der Waals surface area contributed by atoms with E-state index in [0.717, 1.165) is 11.1 Å². The predicted molar refractivity (Wildman–Crippen MR) is 105 cm³/mol. The van der Waals surface area contributed by atoms with Gasteiger partial charge >= 0.3 is 0 Å². The van der Waals surface area contributed by atoms with E-state index in [1.165, 1.54) is 26.4 Å². The summed E-state index contributed by atoms with van der Waals surface area (Å²) in [5.74, 6) is 1.24. The molecular formula is C20H27NO4S. The largest absolute Gasteiger partial charge is 0.493 e. The van der Waals surface area contributed by atoms with Crippen molar-refractivity contribution in [1.82, 2.24) is 0 Å². The molecule has 0 saturated heterocycles. The number of hydrogen-bond acceptors (Lipinski definition) is 4. The summed E-state index contributed by atoms with van der Waals surface area (Å²) in [6, 6.07) is 10.5. The Bertz CT molecular complexity index is 847. The smallest absolute Gasteiger partial charge is 0.262 e. The Labute approximate surface area is 156 Å². The lowest BCUT2D eigenvalue weighted by atomic mass is 9.93. The highest BCUT2D eigenvalue weighted by molar-refractivity contribution is 7.92. The second kappa shape index (κ2) is 7.99. The minimum Gasteiger partial charge on any atom is -0.493 e. The van der Waals surface area contributed by atoms with Crippen molar-refractivity contribution in [2.24, 2.45) is 0 Å². The maximum Gasteiger partial charge on any atom is 0.262 e. The molecule has 2 rings (SSSR count). The highest BCUT2D eigenvalue weighted by atomic mass is 32.2. The van der Waals surface area contributed by atoms with Crippen LogP contribution in [-0.4, -0.2) is 22.6 Å². The van der Waals surface area contributed by atoms with Crippen LogP contribution >= 0.6 is 0 Å². The Morgan fingerprint density at radius 3 is 1.85 bits per heavy atom. The van der Waals surface area contributed by atoms with Gasteiger partial charge in [0.1, 0.15) is 0 Å². The van der Waals surface area contributed by atoms with Crippen molar-refractivity contribution in [3.63, 3.8) is 0 Å². The van der Waals surface area contributed by atoms with Gasteiger partial charge in [-0.25, -0.2) is 8.42 Å². The second-order valence-electron chi connectivity index (χ2n) is 6.74. The number of nitrogens with one attached hydrogen (secondary N) is 1. The standard InChI is InChI=1S/C20H27NO4S/c1-13(2)16-8-7-9-17(14(3)4)20(16)21-26(22,23)15-10-11-18(24-5)19(12-15)25-6/h7-14,21H,1-6H3. The SMILES string of the molecule is COc1ccc(S(=O)(=O)Nc2c(C(C)C)cccc2C(C)C)cc1OC. The third-order valence-corrected chi connectivity index (χ3v) is 5.62. The van der Waals surface area contributed by atoms with Gasteiger partial charge in [0.2, 0.25) is 0 Å². The Morgan fingerprint density at radius 1 is 0.846 bits per heavy atom. The summed E-state index contributed by atoms with van der Waals surface area (Å²) in [4.78, 5) is 0.128. The Kier molecular flexibility index (Phi) is 6.18. The number of sulfonamides is 1. The molecule has 2 aromatic rings. The molecule has 0 saturated carbocycles. The zero-order chi connectivity index (χ0) is 19.5. The number of ether oxygens (including phenoxy) is 2. The summed E-state index contributed by atoms with van der Waals surface area (Å²) in [7, 11) is -0.778. The molecule has 0 spiro atoms. The lowest BCUT2D eigenvalue weighted by Crippen LogP contribution is -2.16. The molecule has 0 aromatic heterocycles. The molecule has 0 aliphatic rings. The summed E-state index contributed by atoms with van der Waals surface area (Å²) < 4.78 is 39.2. The molecule has 0 fully saturated rings. The average molecular weight is 378 g/mol. The number of anilines is 1. The summed E-state index contributed by atoms with van der Waals surface area (Å²) >= 11 is 0. The van der Waals surface area contributed by atoms with Crippen LogP contribution in [0.5, 0.6) is 11.5 Å². The van der Waals surface area contributed by atoms with E-state index in [-0.39, 0.29) is 16.7 Å². The molecule has 142 valence electrons. The molecular weight excluding hydrogens is 350 g/mol. The summed E-state index contributed by atoms with van der Waals surface area (Å²) in [6.07, 6.45) is 0. The molecule has 2 aromatic carbocycles. The molecule has 0 unspecified atom stereocenters. The topological polar surface area (TPSA) is 64.6 Å². The number of benzene rings is 2. The van der Waals surface area contributed by atoms with Crippen LogP contribution in [0.2, 0.25) is 0 Å². The third-order valence-electron chi connectivity index (χ3n) is 4.27. The molecule has 1 N–H and O–H groups in total. The first kappa shape index (κ1) is 20.1. The molecule has 0 amide bonds. The van der Waals surface area contributed by atoms with Crippen molar-refractivity contribution in [2.75, 3.05) is 18.9 Å². The number of methoxy groups -OCH3 is 2. The first-order chi connectivity index (χ1) is 12.2. The first-order valence-electron chi connectivity index (χ1n) is 8.59. The van der Waals surface area contributed by atoms with Gasteiger partial charge in [0.05, 0.1) is 24.8 Å². The summed E-state index contributed by atoms with van der Waals surface area (Å²) in [5.41, 5.74) is 2.60. The maximum absolute atomic E-state index is 13.0. The maximum atomic E-state index is 13.0. The molecule has 6 heteroatoms. The van der Waals surface area contributed by atoms with Crippen LogP contribution in [0.25, 0.3) is 0 Å². The monoisotopic (exact) mass is 377 g/mol. The zero-order valence-corrected chi connectivity index (χ0v) is 17.0. The fourth-order valence-electron chi connectivity index (χ4n) is 2.85. The quantitative estimate of drug-likeness (QED) is 0.756. The number of para-hydroxylation sites is 1. The van der Waals surface area contributed by atoms with E-state index in [1.54, 1.807) is 6.07 Å². The van der Waals surface area contributed by atoms with E-state index >= 15 is 0 Å². The van der Waals surface area contributed by atoms with Gasteiger partial charge in [-0.05, 0) is 35.1 Å². The van der Waals surface area contributed by atoms with Crippen molar-refractivity contribution in [1.29, 1.82) is 0 Å². The van der Waals surface area contributed by atoms with Crippen molar-refractivity contribution < 1.29 is 17.9 Å². The van der Waals surface area contributed by atoms with Crippen LogP contribution < -0.4 is 14.2 Å². The van der Waals surface area contributed by atoms with Gasteiger partial charge in [0.15, 0.2) is 11.5 Å². The van der Waals surface area contributed by atoms with Crippen molar-refractivity contribution in [2.45, 2.75) is 44.4 Å². The molecule has 0 atom stereocenters. The summed E-state index contributed by atoms with van der Waals surface area (Å²) in [5, 5.41) is 0. The fraction of sp³-hybridized carbons (Fsp3) is 0.400. The van der Waals surface area contributed by atoms with Gasteiger partial charge < -0.3 is 9.47 Å². The molecule has 5 nitrogen and oxygen atoms in total. The summed E-state index contributed by atoms with van der Waals surface area (Å²) in [6.45, 7) is 8.20. The van der Waals surface area contributed by atoms with Crippen LogP contribution in [-0.2, 0) is 10.0 Å². The molecule has 0 aliphatic heterocycles. The van der Waals surface area contributed by atoms with Crippen LogP contribution in [0.3, 0.4) is 0 Å². The minimum absolute atomic E-state index is 0.128. The van der Waals surface area contributed by atoms with E-state index in [0.29, 0.717) is 17.2 Å². The van der Waals surface area contributed by atoms with Crippen molar-refractivity contribution in [3.05, 3.63) is 47.5 Å². The first-order valence-corrected chi connectivity index (χ1v) is 10.1. The number of rotatable bonds is 7. The Balaban J connectivity index is 2.54. The van der Waals surface area contributed by atoms with E-state index < -0.39 is 10.0 Å². The highest BCUT2D eigenvalue weighted by Crippen LogP contribution is 2.35. The molecule has 0 heterocycles. The van der Waals surface area contributed by atoms with Gasteiger partial charge in [0.25, 0.3) is 10.0 Å². The van der Waals surface area contributed by atoms with Crippen LogP contribution in [0.4, 0.5) is 5.69 Å². The van der Waals surface area contributed by atoms with Crippen molar-refractivity contribution >= 4 is 15.7 Å². The van der Waals surface area contributed by atoms with Crippen LogP contribution in [0.1, 0.15) is 50.7 Å². The molecule has 0 bridgehead atoms. The van der Waals surface area contributed by atoms with Gasteiger partial charge in [-0.2, -0.15) is 0 Å². The highest BCUT2D eigenvalue weighted by Gasteiger charge is 2.22. The third kappa shape index (κ3) is 4.12. The van der Waals surface area contributed by atoms with E-state index in [4.69, 9.17) is 9.47 Å². The molecule has 26 heavy (non-hydrogen) atoms. The number of hydrogen-bond donors (Lipinski definition) is 1. The Morgan fingerprint density at radius 2 is 1.38 bits per heavy atom. The van der Waals surface area contributed by atoms with Gasteiger partial charge in [-0.15, -0.1) is 0 Å². The zero-order valence-electron chi connectivity index (χ0n) is 16.2. The van der Waals surface area contributed by atoms with E-state index in [9.17, 15) is 8.42 Å². The molecule has 0 aliphatic carbocycles. The van der Waals surface area contributed by atoms with E-state index in [2.05, 4.69) is 4.72 Å². The molecule has 0 radical (unpaired) electrons. The van der Waals surface area contributed by atoms with Gasteiger partial charge in [-0.3, -0.25) is 4.72 Å². The van der Waals surface area contributed by atoms with Crippen LogP contribution in [0, 0.1) is 0 Å². The lowest BCUT2D eigenvalue weighted by molar-refractivity contribution is 0.354. The van der Waals surface area contributed by atoms with Crippen LogP contribution in [0.15, 0.2) is 41.3 Å². The fourth-order valence-corrected chi connectivity index (χ4v) is 3.98. The van der Waals surface area contributed by atoms with Gasteiger partial charge in [0, 0.05) is 6.07 Å². The lowest BCUT2D eigenvalue weighted by Gasteiger charge is -2.21. The normalized spacial score (nSPS) is 11.7. The second-order valence-corrected chi connectivity index (χ2v) is 8.43. The van der Waals surface area contributed by atoms with E-state index in [1.807, 2.05) is 45.9 Å². The Hall–Kier alpha value is -2.21. The minimum atomic E-state index is -3.77.